The molecule has 0 aromatic carbocycles. The van der Waals surface area contributed by atoms with E-state index in [-0.39, 0.29) is 25.7 Å². The second kappa shape index (κ2) is 83.1. The molecule has 0 saturated heterocycles. The summed E-state index contributed by atoms with van der Waals surface area (Å²) >= 11 is 0. The minimum absolute atomic E-state index is 0.107. The Balaban J connectivity index is 5.21. The van der Waals surface area contributed by atoms with Gasteiger partial charge in [0.1, 0.15) is 19.3 Å². The molecule has 0 aromatic rings. The van der Waals surface area contributed by atoms with Crippen LogP contribution in [0.2, 0.25) is 0 Å². The number of ether oxygens (including phenoxy) is 4. The summed E-state index contributed by atoms with van der Waals surface area (Å²) in [4.78, 5) is 73.4. The Bertz CT molecular complexity index is 2120. The van der Waals surface area contributed by atoms with Gasteiger partial charge in [-0.3, -0.25) is 37.3 Å². The van der Waals surface area contributed by atoms with Crippen LogP contribution in [0.25, 0.3) is 0 Å². The van der Waals surface area contributed by atoms with E-state index in [0.29, 0.717) is 31.6 Å². The predicted octanol–water partition coefficient (Wildman–Crippen LogP) is 28.6. The van der Waals surface area contributed by atoms with Crippen LogP contribution in [0, 0.1) is 11.8 Å². The normalized spacial score (nSPS) is 13.7. The Labute approximate surface area is 683 Å². The van der Waals surface area contributed by atoms with Gasteiger partial charge in [-0.2, -0.15) is 0 Å². The fourth-order valence-corrected chi connectivity index (χ4v) is 16.1. The van der Waals surface area contributed by atoms with E-state index in [1.165, 1.54) is 308 Å². The molecule has 0 bridgehead atoms. The first-order valence-corrected chi connectivity index (χ1v) is 50.5. The molecule has 17 nitrogen and oxygen atoms in total. The molecular formula is C92H180O17P2. The van der Waals surface area contributed by atoms with Crippen molar-refractivity contribution in [3.63, 3.8) is 0 Å². The molecule has 0 aliphatic carbocycles. The molecule has 0 aromatic heterocycles. The predicted molar refractivity (Wildman–Crippen MR) is 460 cm³/mol. The van der Waals surface area contributed by atoms with Gasteiger partial charge in [-0.1, -0.05) is 446 Å². The van der Waals surface area contributed by atoms with Gasteiger partial charge >= 0.3 is 39.5 Å². The molecule has 0 aliphatic rings. The van der Waals surface area contributed by atoms with Gasteiger partial charge in [-0.25, -0.2) is 9.13 Å². The average molecular weight is 1620 g/mol. The molecule has 0 radical (unpaired) electrons. The zero-order valence-corrected chi connectivity index (χ0v) is 75.1. The minimum Gasteiger partial charge on any atom is -0.462 e. The lowest BCUT2D eigenvalue weighted by Gasteiger charge is -2.21. The molecule has 19 heteroatoms. The number of hydrogen-bond acceptors (Lipinski definition) is 15. The highest BCUT2D eigenvalue weighted by Gasteiger charge is 2.31. The van der Waals surface area contributed by atoms with Crippen molar-refractivity contribution in [1.29, 1.82) is 0 Å². The molecule has 0 aliphatic heterocycles. The first kappa shape index (κ1) is 109. The topological polar surface area (TPSA) is 237 Å². The molecule has 0 heterocycles. The number of phosphoric acid groups is 2. The highest BCUT2D eigenvalue weighted by atomic mass is 31.2. The first-order chi connectivity index (χ1) is 53.9. The van der Waals surface area contributed by atoms with Crippen LogP contribution < -0.4 is 0 Å². The third-order valence-electron chi connectivity index (χ3n) is 21.7. The summed E-state index contributed by atoms with van der Waals surface area (Å²) in [5.74, 6) is -0.591. The lowest BCUT2D eigenvalue weighted by atomic mass is 10.0. The summed E-state index contributed by atoms with van der Waals surface area (Å²) < 4.78 is 69.1. The molecule has 5 atom stereocenters. The third kappa shape index (κ3) is 85.8. The van der Waals surface area contributed by atoms with Gasteiger partial charge in [0.2, 0.25) is 0 Å². The van der Waals surface area contributed by atoms with E-state index in [1.54, 1.807) is 0 Å². The maximum Gasteiger partial charge on any atom is 0.472 e. The van der Waals surface area contributed by atoms with Crippen molar-refractivity contribution in [2.75, 3.05) is 39.6 Å². The SMILES string of the molecule is CCCCCCCCCCCCCCCCCCCCCCCCC(=O)O[C@H](COC(=O)CCCCCCCCCCCCCCCCCCCCCCC)COP(=O)(O)OC[C@@H](O)COP(=O)(O)OC[C@@H](COC(=O)CCCCCCCCCC(C)C)OC(=O)CCCCCCCCCCCCCCCCCC(C)C. The Morgan fingerprint density at radius 2 is 0.414 bits per heavy atom. The minimum atomic E-state index is -4.97. The summed E-state index contributed by atoms with van der Waals surface area (Å²) in [5, 5.41) is 10.7. The monoisotopic (exact) mass is 1620 g/mol. The largest absolute Gasteiger partial charge is 0.472 e. The second-order valence-electron chi connectivity index (χ2n) is 34.0. The molecule has 0 rings (SSSR count). The lowest BCUT2D eigenvalue weighted by Crippen LogP contribution is -2.30. The number of phosphoric ester groups is 2. The molecule has 0 saturated carbocycles. The standard InChI is InChI=1S/C92H180O17P2/c1-7-9-11-13-15-17-19-21-23-25-27-29-31-33-35-39-43-47-51-57-64-70-76-91(96)108-87(80-102-89(94)74-68-62-56-50-46-42-38-34-32-30-28-26-24-22-20-18-16-14-12-10-8-2)82-106-110(98,99)104-78-86(93)79-105-111(100,101)107-83-88(81-103-90(95)75-69-63-59-53-55-61-67-73-85(5)6)109-92(97)77-71-65-58-52-48-44-40-36-37-41-45-49-54-60-66-72-84(3)4/h84-88,93H,7-83H2,1-6H3,(H,98,99)(H,100,101)/t86-,87-,88-/m1/s1. The van der Waals surface area contributed by atoms with Crippen LogP contribution in [0.15, 0.2) is 0 Å². The highest BCUT2D eigenvalue weighted by molar-refractivity contribution is 7.47. The van der Waals surface area contributed by atoms with Crippen molar-refractivity contribution >= 4 is 39.5 Å². The number of aliphatic hydroxyl groups is 1. The number of carbonyl (C=O) groups excluding carboxylic acids is 4. The van der Waals surface area contributed by atoms with Gasteiger partial charge in [-0.15, -0.1) is 0 Å². The number of unbranched alkanes of at least 4 members (excludes halogenated alkanes) is 61. The molecule has 111 heavy (non-hydrogen) atoms. The summed E-state index contributed by atoms with van der Waals surface area (Å²) in [6.07, 6.45) is 78.2. The van der Waals surface area contributed by atoms with Crippen LogP contribution in [-0.2, 0) is 65.4 Å². The van der Waals surface area contributed by atoms with Crippen molar-refractivity contribution in [3.8, 4) is 0 Å². The molecular weight excluding hydrogens is 1440 g/mol. The maximum absolute atomic E-state index is 13.2. The van der Waals surface area contributed by atoms with Crippen LogP contribution in [0.5, 0.6) is 0 Å². The van der Waals surface area contributed by atoms with Crippen molar-refractivity contribution in [2.24, 2.45) is 11.8 Å². The summed E-state index contributed by atoms with van der Waals surface area (Å²) in [5.41, 5.74) is 0. The number of aliphatic hydroxyl groups excluding tert-OH is 1. The van der Waals surface area contributed by atoms with E-state index in [0.717, 1.165) is 102 Å². The molecule has 0 fully saturated rings. The van der Waals surface area contributed by atoms with Gasteiger partial charge in [0.15, 0.2) is 12.2 Å². The van der Waals surface area contributed by atoms with E-state index in [4.69, 9.17) is 37.0 Å². The van der Waals surface area contributed by atoms with Gasteiger partial charge in [0.05, 0.1) is 26.4 Å². The summed E-state index contributed by atoms with van der Waals surface area (Å²) in [6, 6.07) is 0. The molecule has 0 spiro atoms. The van der Waals surface area contributed by atoms with E-state index in [1.807, 2.05) is 0 Å². The van der Waals surface area contributed by atoms with Crippen LogP contribution in [0.1, 0.15) is 497 Å². The number of carbonyl (C=O) groups is 4. The summed E-state index contributed by atoms with van der Waals surface area (Å²) in [6.45, 7) is 9.67. The Kier molecular flexibility index (Phi) is 81.7. The summed E-state index contributed by atoms with van der Waals surface area (Å²) in [7, 11) is -9.94. The van der Waals surface area contributed by atoms with Crippen molar-refractivity contribution in [3.05, 3.63) is 0 Å². The van der Waals surface area contributed by atoms with Crippen LogP contribution >= 0.6 is 15.6 Å². The smallest absolute Gasteiger partial charge is 0.462 e. The Hall–Kier alpha value is -1.94. The van der Waals surface area contributed by atoms with E-state index in [9.17, 15) is 43.2 Å². The van der Waals surface area contributed by atoms with Crippen LogP contribution in [0.4, 0.5) is 0 Å². The second-order valence-corrected chi connectivity index (χ2v) is 36.9. The lowest BCUT2D eigenvalue weighted by molar-refractivity contribution is -0.161. The number of hydrogen-bond donors (Lipinski definition) is 3. The Morgan fingerprint density at radius 3 is 0.613 bits per heavy atom. The maximum atomic E-state index is 13.2. The van der Waals surface area contributed by atoms with E-state index < -0.39 is 97.5 Å². The van der Waals surface area contributed by atoms with Crippen molar-refractivity contribution in [2.45, 2.75) is 516 Å². The number of rotatable bonds is 91. The van der Waals surface area contributed by atoms with Crippen LogP contribution in [0.3, 0.4) is 0 Å². The molecule has 2 unspecified atom stereocenters. The van der Waals surface area contributed by atoms with Crippen molar-refractivity contribution < 1.29 is 80.2 Å². The van der Waals surface area contributed by atoms with Gasteiger partial charge in [0.25, 0.3) is 0 Å². The third-order valence-corrected chi connectivity index (χ3v) is 23.6. The molecule has 660 valence electrons. The quantitative estimate of drug-likeness (QED) is 0.0222. The Morgan fingerprint density at radius 1 is 0.243 bits per heavy atom. The average Bonchev–Trinajstić information content (AvgIpc) is 0.896. The highest BCUT2D eigenvalue weighted by Crippen LogP contribution is 2.45. The van der Waals surface area contributed by atoms with Gasteiger partial charge < -0.3 is 33.8 Å². The fourth-order valence-electron chi connectivity index (χ4n) is 14.5. The zero-order valence-electron chi connectivity index (χ0n) is 73.3. The molecule has 3 N–H and O–H groups in total. The van der Waals surface area contributed by atoms with E-state index in [2.05, 4.69) is 41.5 Å². The van der Waals surface area contributed by atoms with Gasteiger partial charge in [-0.05, 0) is 37.5 Å². The van der Waals surface area contributed by atoms with Gasteiger partial charge in [0, 0.05) is 25.7 Å². The van der Waals surface area contributed by atoms with Crippen LogP contribution in [-0.4, -0.2) is 96.7 Å². The number of esters is 4. The zero-order chi connectivity index (χ0) is 81.3. The van der Waals surface area contributed by atoms with E-state index >= 15 is 0 Å². The first-order valence-electron chi connectivity index (χ1n) is 47.5. The fraction of sp³-hybridized carbons (Fsp3) is 0.957. The van der Waals surface area contributed by atoms with Crippen molar-refractivity contribution in [1.82, 2.24) is 0 Å². The molecule has 0 amide bonds.